The van der Waals surface area contributed by atoms with Gasteiger partial charge in [0.05, 0.1) is 12.5 Å². The quantitative estimate of drug-likeness (QED) is 0.375. The maximum Gasteiger partial charge on any atom is 0.325 e. The fraction of sp³-hybridized carbons (Fsp3) is 0.136. The standard InChI is InChI=1S/C22H19ClO2/c1-25-21(24)20(23)22(17-11-5-2-6-12-17,18-13-7-3-8-14-18)19-15-9-4-10-16-19/h2-16,20H,1H3. The van der Waals surface area contributed by atoms with E-state index in [4.69, 9.17) is 16.3 Å². The largest absolute Gasteiger partial charge is 0.468 e. The number of carbonyl (C=O) groups excluding carboxylic acids is 1. The molecule has 0 heterocycles. The lowest BCUT2D eigenvalue weighted by atomic mass is 9.67. The van der Waals surface area contributed by atoms with Crippen LogP contribution in [0.1, 0.15) is 16.7 Å². The number of methoxy groups -OCH3 is 1. The summed E-state index contributed by atoms with van der Waals surface area (Å²) in [6, 6.07) is 29.6. The molecule has 25 heavy (non-hydrogen) atoms. The number of hydrogen-bond donors (Lipinski definition) is 0. The summed E-state index contributed by atoms with van der Waals surface area (Å²) in [4.78, 5) is 12.5. The first-order chi connectivity index (χ1) is 12.2. The molecular formula is C22H19ClO2. The second-order valence-electron chi connectivity index (χ2n) is 5.79. The lowest BCUT2D eigenvalue weighted by Crippen LogP contribution is -2.43. The third-order valence-corrected chi connectivity index (χ3v) is 4.98. The molecule has 3 aromatic carbocycles. The fourth-order valence-electron chi connectivity index (χ4n) is 3.32. The smallest absolute Gasteiger partial charge is 0.325 e. The Kier molecular flexibility index (Phi) is 5.20. The number of rotatable bonds is 5. The van der Waals surface area contributed by atoms with Crippen LogP contribution in [0.25, 0.3) is 0 Å². The van der Waals surface area contributed by atoms with Crippen LogP contribution in [0, 0.1) is 0 Å². The predicted octanol–water partition coefficient (Wildman–Crippen LogP) is 4.80. The predicted molar refractivity (Wildman–Crippen MR) is 101 cm³/mol. The molecule has 0 N–H and O–H groups in total. The van der Waals surface area contributed by atoms with Crippen LogP contribution in [0.15, 0.2) is 91.0 Å². The van der Waals surface area contributed by atoms with Gasteiger partial charge in [0.2, 0.25) is 0 Å². The number of esters is 1. The molecular weight excluding hydrogens is 332 g/mol. The molecule has 0 fully saturated rings. The lowest BCUT2D eigenvalue weighted by Gasteiger charge is -2.38. The van der Waals surface area contributed by atoms with Crippen molar-refractivity contribution >= 4 is 17.6 Å². The van der Waals surface area contributed by atoms with Gasteiger partial charge in [-0.3, -0.25) is 4.79 Å². The summed E-state index contributed by atoms with van der Waals surface area (Å²) in [5.74, 6) is -0.460. The highest BCUT2D eigenvalue weighted by Gasteiger charge is 2.47. The average Bonchev–Trinajstić information content (AvgIpc) is 2.70. The monoisotopic (exact) mass is 350 g/mol. The zero-order valence-electron chi connectivity index (χ0n) is 13.9. The number of benzene rings is 3. The molecule has 0 amide bonds. The molecule has 0 aliphatic rings. The van der Waals surface area contributed by atoms with Crippen LogP contribution in [-0.2, 0) is 14.9 Å². The Bertz CT molecular complexity index is 720. The van der Waals surface area contributed by atoms with Crippen molar-refractivity contribution in [2.24, 2.45) is 0 Å². The average molecular weight is 351 g/mol. The number of ether oxygens (including phenoxy) is 1. The number of alkyl halides is 1. The molecule has 0 spiro atoms. The van der Waals surface area contributed by atoms with Crippen LogP contribution in [-0.4, -0.2) is 18.5 Å². The third kappa shape index (κ3) is 3.06. The summed E-state index contributed by atoms with van der Waals surface area (Å²) in [5, 5.41) is -0.912. The Hall–Kier alpha value is -2.58. The molecule has 0 aliphatic carbocycles. The van der Waals surface area contributed by atoms with Crippen molar-refractivity contribution in [2.45, 2.75) is 10.8 Å². The van der Waals surface area contributed by atoms with E-state index in [9.17, 15) is 4.79 Å². The van der Waals surface area contributed by atoms with Crippen molar-refractivity contribution in [1.29, 1.82) is 0 Å². The first-order valence-electron chi connectivity index (χ1n) is 8.09. The summed E-state index contributed by atoms with van der Waals surface area (Å²) in [7, 11) is 1.36. The van der Waals surface area contributed by atoms with E-state index < -0.39 is 16.8 Å². The maximum atomic E-state index is 12.5. The molecule has 0 aromatic heterocycles. The van der Waals surface area contributed by atoms with E-state index in [0.717, 1.165) is 16.7 Å². The molecule has 0 aliphatic heterocycles. The van der Waals surface area contributed by atoms with Crippen molar-refractivity contribution in [2.75, 3.05) is 7.11 Å². The van der Waals surface area contributed by atoms with Gasteiger partial charge in [-0.05, 0) is 16.7 Å². The Morgan fingerprint density at radius 3 is 1.36 bits per heavy atom. The van der Waals surface area contributed by atoms with E-state index in [-0.39, 0.29) is 0 Å². The SMILES string of the molecule is COC(=O)C(Cl)C(c1ccccc1)(c1ccccc1)c1ccccc1. The second kappa shape index (κ2) is 7.54. The van der Waals surface area contributed by atoms with E-state index in [1.165, 1.54) is 7.11 Å². The Morgan fingerprint density at radius 2 is 1.08 bits per heavy atom. The van der Waals surface area contributed by atoms with Crippen molar-refractivity contribution in [3.05, 3.63) is 108 Å². The van der Waals surface area contributed by atoms with E-state index >= 15 is 0 Å². The summed E-state index contributed by atoms with van der Waals surface area (Å²) >= 11 is 6.78. The summed E-state index contributed by atoms with van der Waals surface area (Å²) in [6.45, 7) is 0. The molecule has 2 nitrogen and oxygen atoms in total. The van der Waals surface area contributed by atoms with Gasteiger partial charge in [-0.15, -0.1) is 11.6 Å². The summed E-state index contributed by atoms with van der Waals surface area (Å²) in [6.07, 6.45) is 0. The van der Waals surface area contributed by atoms with Crippen LogP contribution < -0.4 is 0 Å². The lowest BCUT2D eigenvalue weighted by molar-refractivity contribution is -0.141. The molecule has 3 heteroatoms. The highest BCUT2D eigenvalue weighted by Crippen LogP contribution is 2.44. The number of carbonyl (C=O) groups is 1. The first-order valence-corrected chi connectivity index (χ1v) is 8.53. The molecule has 0 radical (unpaired) electrons. The fourth-order valence-corrected chi connectivity index (χ4v) is 3.79. The summed E-state index contributed by atoms with van der Waals surface area (Å²) in [5.41, 5.74) is 1.98. The zero-order chi connectivity index (χ0) is 17.7. The van der Waals surface area contributed by atoms with E-state index in [0.29, 0.717) is 0 Å². The van der Waals surface area contributed by atoms with Gasteiger partial charge in [-0.2, -0.15) is 0 Å². The number of halogens is 1. The highest BCUT2D eigenvalue weighted by atomic mass is 35.5. The topological polar surface area (TPSA) is 26.3 Å². The van der Waals surface area contributed by atoms with Gasteiger partial charge in [0.1, 0.15) is 5.38 Å². The Balaban J connectivity index is 2.38. The second-order valence-corrected chi connectivity index (χ2v) is 6.23. The highest BCUT2D eigenvalue weighted by molar-refractivity contribution is 6.31. The minimum Gasteiger partial charge on any atom is -0.468 e. The van der Waals surface area contributed by atoms with Gasteiger partial charge < -0.3 is 4.74 Å². The van der Waals surface area contributed by atoms with Crippen molar-refractivity contribution in [3.63, 3.8) is 0 Å². The molecule has 0 saturated heterocycles. The van der Waals surface area contributed by atoms with Crippen LogP contribution in [0.5, 0.6) is 0 Å². The van der Waals surface area contributed by atoms with E-state index in [1.54, 1.807) is 0 Å². The number of hydrogen-bond acceptors (Lipinski definition) is 2. The Morgan fingerprint density at radius 1 is 0.760 bits per heavy atom. The molecule has 3 rings (SSSR count). The molecule has 1 unspecified atom stereocenters. The van der Waals surface area contributed by atoms with Crippen molar-refractivity contribution < 1.29 is 9.53 Å². The first kappa shape index (κ1) is 17.2. The van der Waals surface area contributed by atoms with Crippen molar-refractivity contribution in [3.8, 4) is 0 Å². The van der Waals surface area contributed by atoms with Crippen molar-refractivity contribution in [1.82, 2.24) is 0 Å². The van der Waals surface area contributed by atoms with Gasteiger partial charge in [-0.25, -0.2) is 0 Å². The van der Waals surface area contributed by atoms with Gasteiger partial charge in [0.25, 0.3) is 0 Å². The van der Waals surface area contributed by atoms with Crippen LogP contribution in [0.2, 0.25) is 0 Å². The van der Waals surface area contributed by atoms with Crippen LogP contribution in [0.4, 0.5) is 0 Å². The van der Waals surface area contributed by atoms with Crippen LogP contribution in [0.3, 0.4) is 0 Å². The molecule has 1 atom stereocenters. The van der Waals surface area contributed by atoms with Gasteiger partial charge >= 0.3 is 5.97 Å². The Labute approximate surface area is 153 Å². The molecule has 3 aromatic rings. The van der Waals surface area contributed by atoms with Gasteiger partial charge in [0.15, 0.2) is 0 Å². The minimum atomic E-state index is -0.912. The third-order valence-electron chi connectivity index (χ3n) is 4.48. The van der Waals surface area contributed by atoms with Gasteiger partial charge in [0, 0.05) is 0 Å². The maximum absolute atomic E-state index is 12.5. The van der Waals surface area contributed by atoms with Crippen LogP contribution >= 0.6 is 11.6 Å². The molecule has 0 bridgehead atoms. The van der Waals surface area contributed by atoms with E-state index in [2.05, 4.69) is 0 Å². The normalized spacial score (nSPS) is 12.4. The molecule has 126 valence electrons. The molecule has 0 saturated carbocycles. The summed E-state index contributed by atoms with van der Waals surface area (Å²) < 4.78 is 5.01. The zero-order valence-corrected chi connectivity index (χ0v) is 14.7. The minimum absolute atomic E-state index is 0.460. The van der Waals surface area contributed by atoms with Gasteiger partial charge in [-0.1, -0.05) is 91.0 Å². The van der Waals surface area contributed by atoms with E-state index in [1.807, 2.05) is 91.0 Å².